The summed E-state index contributed by atoms with van der Waals surface area (Å²) in [7, 11) is 0. The zero-order chi connectivity index (χ0) is 16.9. The zero-order valence-corrected chi connectivity index (χ0v) is 14.7. The molecule has 3 rings (SSSR count). The summed E-state index contributed by atoms with van der Waals surface area (Å²) < 4.78 is 2.38. The summed E-state index contributed by atoms with van der Waals surface area (Å²) >= 11 is 0. The van der Waals surface area contributed by atoms with E-state index in [0.29, 0.717) is 5.92 Å². The molecule has 0 radical (unpaired) electrons. The van der Waals surface area contributed by atoms with Gasteiger partial charge in [-0.2, -0.15) is 5.26 Å². The van der Waals surface area contributed by atoms with Crippen LogP contribution in [0.4, 0.5) is 0 Å². The number of hydrogen-bond acceptors (Lipinski definition) is 3. The Bertz CT molecular complexity index is 708. The highest BCUT2D eigenvalue weighted by atomic mass is 15.1. The van der Waals surface area contributed by atoms with Crippen molar-refractivity contribution >= 4 is 0 Å². The third-order valence-corrected chi connectivity index (χ3v) is 4.92. The fourth-order valence-electron chi connectivity index (χ4n) is 3.63. The van der Waals surface area contributed by atoms with E-state index in [-0.39, 0.29) is 0 Å². The topological polar surface area (TPSA) is 44.9 Å². The molecule has 2 aromatic rings. The number of nitrogens with zero attached hydrogens (tertiary/aromatic N) is 4. The molecule has 1 atom stereocenters. The van der Waals surface area contributed by atoms with Crippen molar-refractivity contribution in [2.45, 2.75) is 46.2 Å². The van der Waals surface area contributed by atoms with Crippen LogP contribution in [-0.2, 0) is 19.5 Å². The monoisotopic (exact) mass is 322 g/mol. The molecule has 1 aromatic heterocycles. The summed E-state index contributed by atoms with van der Waals surface area (Å²) in [5.74, 6) is 1.94. The van der Waals surface area contributed by atoms with Gasteiger partial charge in [-0.1, -0.05) is 19.1 Å². The van der Waals surface area contributed by atoms with Crippen molar-refractivity contribution in [2.24, 2.45) is 5.92 Å². The minimum Gasteiger partial charge on any atom is -0.332 e. The Hall–Kier alpha value is -2.12. The molecule has 1 aliphatic heterocycles. The molecule has 24 heavy (non-hydrogen) atoms. The molecule has 126 valence electrons. The van der Waals surface area contributed by atoms with E-state index in [9.17, 15) is 0 Å². The van der Waals surface area contributed by atoms with E-state index in [2.05, 4.69) is 46.5 Å². The van der Waals surface area contributed by atoms with Crippen LogP contribution in [-0.4, -0.2) is 27.5 Å². The molecule has 1 aromatic carbocycles. The molecule has 1 aliphatic rings. The normalized spacial score (nSPS) is 18.0. The van der Waals surface area contributed by atoms with Gasteiger partial charge in [-0.3, -0.25) is 4.90 Å². The Balaban J connectivity index is 1.56. The number of hydrogen-bond donors (Lipinski definition) is 0. The molecule has 0 amide bonds. The van der Waals surface area contributed by atoms with Crippen LogP contribution in [0.2, 0.25) is 0 Å². The maximum atomic E-state index is 8.88. The lowest BCUT2D eigenvalue weighted by atomic mass is 10.0. The summed E-state index contributed by atoms with van der Waals surface area (Å²) in [5, 5.41) is 8.88. The fourth-order valence-corrected chi connectivity index (χ4v) is 3.63. The highest BCUT2D eigenvalue weighted by molar-refractivity contribution is 5.31. The van der Waals surface area contributed by atoms with Gasteiger partial charge in [-0.25, -0.2) is 4.98 Å². The second-order valence-corrected chi connectivity index (χ2v) is 6.87. The number of likely N-dealkylation sites (tertiary alicyclic amines) is 1. The average Bonchev–Trinajstić information content (AvgIpc) is 3.17. The average molecular weight is 322 g/mol. The first kappa shape index (κ1) is 16.7. The Kier molecular flexibility index (Phi) is 5.32. The highest BCUT2D eigenvalue weighted by Gasteiger charge is 2.24. The number of imidazole rings is 1. The Morgan fingerprint density at radius 3 is 2.79 bits per heavy atom. The fraction of sp³-hybridized carbons (Fsp3) is 0.500. The smallest absolute Gasteiger partial charge is 0.109 e. The molecular formula is C20H26N4. The van der Waals surface area contributed by atoms with Gasteiger partial charge < -0.3 is 4.57 Å². The Morgan fingerprint density at radius 1 is 1.29 bits per heavy atom. The summed E-state index contributed by atoms with van der Waals surface area (Å²) in [4.78, 5) is 7.16. The van der Waals surface area contributed by atoms with E-state index in [0.717, 1.165) is 44.6 Å². The van der Waals surface area contributed by atoms with Crippen LogP contribution in [0.25, 0.3) is 0 Å². The van der Waals surface area contributed by atoms with E-state index in [4.69, 9.17) is 5.26 Å². The lowest BCUT2D eigenvalue weighted by Crippen LogP contribution is -2.21. The minimum absolute atomic E-state index is 0.695. The molecule has 4 nitrogen and oxygen atoms in total. The lowest BCUT2D eigenvalue weighted by Gasteiger charge is -2.16. The van der Waals surface area contributed by atoms with Crippen LogP contribution in [0.5, 0.6) is 0 Å². The van der Waals surface area contributed by atoms with Crippen LogP contribution >= 0.6 is 0 Å². The second kappa shape index (κ2) is 7.63. The van der Waals surface area contributed by atoms with E-state index in [1.165, 1.54) is 23.5 Å². The first-order chi connectivity index (χ1) is 11.7. The summed E-state index contributed by atoms with van der Waals surface area (Å²) in [6.45, 7) is 8.71. The summed E-state index contributed by atoms with van der Waals surface area (Å²) in [6.07, 6.45) is 5.49. The third kappa shape index (κ3) is 3.85. The van der Waals surface area contributed by atoms with Gasteiger partial charge in [0.05, 0.1) is 11.6 Å². The van der Waals surface area contributed by atoms with Gasteiger partial charge in [-0.15, -0.1) is 0 Å². The summed E-state index contributed by atoms with van der Waals surface area (Å²) in [6, 6.07) is 10.1. The molecule has 0 aliphatic carbocycles. The number of nitriles is 1. The predicted octanol–water partition coefficient (Wildman–Crippen LogP) is 3.54. The van der Waals surface area contributed by atoms with E-state index >= 15 is 0 Å². The number of aryl methyl sites for hydroxylation is 1. The molecule has 1 saturated heterocycles. The van der Waals surface area contributed by atoms with Crippen molar-refractivity contribution in [1.82, 2.24) is 14.5 Å². The molecule has 1 fully saturated rings. The first-order valence-corrected chi connectivity index (χ1v) is 8.92. The van der Waals surface area contributed by atoms with E-state index < -0.39 is 0 Å². The van der Waals surface area contributed by atoms with Crippen molar-refractivity contribution in [3.05, 3.63) is 53.1 Å². The second-order valence-electron chi connectivity index (χ2n) is 6.87. The Labute approximate surface area is 144 Å². The lowest BCUT2D eigenvalue weighted by molar-refractivity contribution is 0.315. The van der Waals surface area contributed by atoms with Crippen LogP contribution in [0.1, 0.15) is 42.4 Å². The molecule has 2 heterocycles. The van der Waals surface area contributed by atoms with Gasteiger partial charge in [0.15, 0.2) is 0 Å². The van der Waals surface area contributed by atoms with Gasteiger partial charge in [-0.05, 0) is 49.9 Å². The predicted molar refractivity (Wildman–Crippen MR) is 95.5 cm³/mol. The van der Waals surface area contributed by atoms with Gasteiger partial charge in [0, 0.05) is 37.9 Å². The highest BCUT2D eigenvalue weighted by Crippen LogP contribution is 2.23. The van der Waals surface area contributed by atoms with Gasteiger partial charge in [0.1, 0.15) is 5.82 Å². The SMILES string of the molecule is CCCn1c(C)cnc1CC1CCN(Cc2ccc(C#N)cc2)C1. The maximum Gasteiger partial charge on any atom is 0.109 e. The van der Waals surface area contributed by atoms with Crippen molar-refractivity contribution in [3.63, 3.8) is 0 Å². The summed E-state index contributed by atoms with van der Waals surface area (Å²) in [5.41, 5.74) is 3.30. The minimum atomic E-state index is 0.695. The molecule has 0 saturated carbocycles. The molecular weight excluding hydrogens is 296 g/mol. The van der Waals surface area contributed by atoms with Crippen LogP contribution < -0.4 is 0 Å². The molecule has 1 unspecified atom stereocenters. The van der Waals surface area contributed by atoms with Gasteiger partial charge >= 0.3 is 0 Å². The molecule has 4 heteroatoms. The molecule has 0 spiro atoms. The quantitative estimate of drug-likeness (QED) is 0.817. The van der Waals surface area contributed by atoms with Crippen molar-refractivity contribution in [3.8, 4) is 6.07 Å². The van der Waals surface area contributed by atoms with Crippen molar-refractivity contribution < 1.29 is 0 Å². The largest absolute Gasteiger partial charge is 0.332 e. The van der Waals surface area contributed by atoms with Crippen molar-refractivity contribution in [1.29, 1.82) is 5.26 Å². The maximum absolute atomic E-state index is 8.88. The number of aromatic nitrogens is 2. The van der Waals surface area contributed by atoms with Gasteiger partial charge in [0.2, 0.25) is 0 Å². The zero-order valence-electron chi connectivity index (χ0n) is 14.7. The molecule has 0 bridgehead atoms. The van der Waals surface area contributed by atoms with E-state index in [1.807, 2.05) is 18.3 Å². The third-order valence-electron chi connectivity index (χ3n) is 4.92. The standard InChI is InChI=1S/C20H26N4/c1-3-9-24-16(2)13-22-20(24)11-19-8-10-23(15-19)14-18-6-4-17(12-21)5-7-18/h4-7,13,19H,3,8-11,14-15H2,1-2H3. The molecule has 0 N–H and O–H groups in total. The van der Waals surface area contributed by atoms with E-state index in [1.54, 1.807) is 0 Å². The number of benzene rings is 1. The Morgan fingerprint density at radius 2 is 2.08 bits per heavy atom. The van der Waals surface area contributed by atoms with Crippen LogP contribution in [0.15, 0.2) is 30.5 Å². The van der Waals surface area contributed by atoms with Crippen LogP contribution in [0, 0.1) is 24.2 Å². The van der Waals surface area contributed by atoms with Crippen LogP contribution in [0.3, 0.4) is 0 Å². The van der Waals surface area contributed by atoms with Gasteiger partial charge in [0.25, 0.3) is 0 Å². The number of rotatable bonds is 6. The van der Waals surface area contributed by atoms with Crippen molar-refractivity contribution in [2.75, 3.05) is 13.1 Å². The first-order valence-electron chi connectivity index (χ1n) is 8.92.